The highest BCUT2D eigenvalue weighted by Gasteiger charge is 2.28. The molecule has 1 atom stereocenters. The summed E-state index contributed by atoms with van der Waals surface area (Å²) in [5.41, 5.74) is 7.86. The zero-order valence-corrected chi connectivity index (χ0v) is 14.6. The van der Waals surface area contributed by atoms with E-state index in [1.54, 1.807) is 0 Å². The normalized spacial score (nSPS) is 19.9. The predicted molar refractivity (Wildman–Crippen MR) is 95.8 cm³/mol. The summed E-state index contributed by atoms with van der Waals surface area (Å²) in [7, 11) is -2.99. The lowest BCUT2D eigenvalue weighted by Crippen LogP contribution is -2.36. The van der Waals surface area contributed by atoms with Gasteiger partial charge in [0.05, 0.1) is 18.1 Å². The van der Waals surface area contributed by atoms with Crippen molar-refractivity contribution in [3.63, 3.8) is 0 Å². The van der Waals surface area contributed by atoms with E-state index >= 15 is 0 Å². The van der Waals surface area contributed by atoms with Crippen LogP contribution in [0.4, 0.5) is 5.69 Å². The average molecular weight is 352 g/mol. The number of hydrogen-bond acceptors (Lipinski definition) is 4. The molecule has 2 rings (SSSR count). The quantitative estimate of drug-likeness (QED) is 0.514. The first-order chi connectivity index (χ1) is 11.4. The number of amides is 1. The van der Waals surface area contributed by atoms with Gasteiger partial charge in [0.25, 0.3) is 0 Å². The van der Waals surface area contributed by atoms with Crippen LogP contribution < -0.4 is 16.4 Å². The maximum atomic E-state index is 11.8. The van der Waals surface area contributed by atoms with Gasteiger partial charge in [-0.3, -0.25) is 9.79 Å². The van der Waals surface area contributed by atoms with Crippen molar-refractivity contribution in [1.82, 2.24) is 5.32 Å². The number of hydrogen-bond donors (Lipinski definition) is 3. The van der Waals surface area contributed by atoms with Gasteiger partial charge >= 0.3 is 0 Å². The number of benzene rings is 1. The second kappa shape index (κ2) is 8.14. The molecule has 1 unspecified atom stereocenters. The lowest BCUT2D eigenvalue weighted by molar-refractivity contribution is -0.121. The lowest BCUT2D eigenvalue weighted by atomic mass is 10.1. The van der Waals surface area contributed by atoms with Crippen molar-refractivity contribution >= 4 is 27.4 Å². The van der Waals surface area contributed by atoms with Gasteiger partial charge in [0.2, 0.25) is 5.91 Å². The first kappa shape index (κ1) is 18.3. The maximum absolute atomic E-state index is 11.8. The van der Waals surface area contributed by atoms with Gasteiger partial charge in [-0.15, -0.1) is 0 Å². The third kappa shape index (κ3) is 5.84. The van der Waals surface area contributed by atoms with Gasteiger partial charge in [0, 0.05) is 18.2 Å². The summed E-state index contributed by atoms with van der Waals surface area (Å²) in [6.07, 6.45) is 1.59. The van der Waals surface area contributed by atoms with Crippen LogP contribution in [-0.4, -0.2) is 44.4 Å². The van der Waals surface area contributed by atoms with Crippen molar-refractivity contribution in [2.24, 2.45) is 10.7 Å². The summed E-state index contributed by atoms with van der Waals surface area (Å²) in [6, 6.07) is 7.59. The van der Waals surface area contributed by atoms with E-state index in [1.165, 1.54) is 5.56 Å². The van der Waals surface area contributed by atoms with Crippen LogP contribution in [0.1, 0.15) is 25.3 Å². The van der Waals surface area contributed by atoms with Crippen LogP contribution in [0.5, 0.6) is 0 Å². The van der Waals surface area contributed by atoms with Crippen LogP contribution in [0.3, 0.4) is 0 Å². The molecule has 1 aliphatic heterocycles. The fourth-order valence-corrected chi connectivity index (χ4v) is 4.22. The lowest BCUT2D eigenvalue weighted by Gasteiger charge is -2.10. The van der Waals surface area contributed by atoms with Crippen molar-refractivity contribution in [3.05, 3.63) is 29.8 Å². The third-order valence-electron chi connectivity index (χ3n) is 3.83. The van der Waals surface area contributed by atoms with Crippen molar-refractivity contribution in [2.45, 2.75) is 32.2 Å². The molecule has 0 bridgehead atoms. The van der Waals surface area contributed by atoms with Crippen molar-refractivity contribution in [3.8, 4) is 0 Å². The van der Waals surface area contributed by atoms with Crippen LogP contribution in [0, 0.1) is 0 Å². The maximum Gasteiger partial charge on any atom is 0.222 e. The summed E-state index contributed by atoms with van der Waals surface area (Å²) >= 11 is 0. The van der Waals surface area contributed by atoms with E-state index in [-0.39, 0.29) is 42.4 Å². The molecule has 1 aromatic carbocycles. The highest BCUT2D eigenvalue weighted by atomic mass is 32.2. The monoisotopic (exact) mass is 352 g/mol. The Kier molecular flexibility index (Phi) is 6.19. The number of guanidine groups is 1. The number of aryl methyl sites for hydroxylation is 1. The Morgan fingerprint density at radius 1 is 1.42 bits per heavy atom. The molecule has 1 saturated heterocycles. The number of nitrogens with one attached hydrogen (secondary N) is 2. The summed E-state index contributed by atoms with van der Waals surface area (Å²) < 4.78 is 22.7. The molecule has 132 valence electrons. The number of rotatable bonds is 6. The number of carbonyl (C=O) groups is 1. The highest BCUT2D eigenvalue weighted by molar-refractivity contribution is 7.91. The second-order valence-electron chi connectivity index (χ2n) is 5.86. The van der Waals surface area contributed by atoms with E-state index in [0.717, 1.165) is 12.1 Å². The molecule has 1 fully saturated rings. The molecule has 0 aromatic heterocycles. The first-order valence-electron chi connectivity index (χ1n) is 8.03. The SMILES string of the molecule is CCc1cccc(NC(N)=NCCC(=O)NC2CCS(=O)(=O)C2)c1. The van der Waals surface area contributed by atoms with E-state index in [0.29, 0.717) is 6.42 Å². The molecule has 7 nitrogen and oxygen atoms in total. The predicted octanol–water partition coefficient (Wildman–Crippen LogP) is 0.669. The van der Waals surface area contributed by atoms with Crippen LogP contribution in [0.25, 0.3) is 0 Å². The molecule has 1 aromatic rings. The van der Waals surface area contributed by atoms with Crippen LogP contribution in [-0.2, 0) is 21.1 Å². The second-order valence-corrected chi connectivity index (χ2v) is 8.09. The van der Waals surface area contributed by atoms with Gasteiger partial charge in [-0.1, -0.05) is 19.1 Å². The van der Waals surface area contributed by atoms with Crippen molar-refractivity contribution in [1.29, 1.82) is 0 Å². The van der Waals surface area contributed by atoms with E-state index in [9.17, 15) is 13.2 Å². The number of nitrogens with two attached hydrogens (primary N) is 1. The van der Waals surface area contributed by atoms with E-state index in [2.05, 4.69) is 22.5 Å². The summed E-state index contributed by atoms with van der Waals surface area (Å²) in [4.78, 5) is 15.9. The Morgan fingerprint density at radius 2 is 2.21 bits per heavy atom. The van der Waals surface area contributed by atoms with Crippen molar-refractivity contribution in [2.75, 3.05) is 23.4 Å². The molecule has 0 spiro atoms. The average Bonchev–Trinajstić information content (AvgIpc) is 2.86. The summed E-state index contributed by atoms with van der Waals surface area (Å²) in [6.45, 7) is 2.32. The third-order valence-corrected chi connectivity index (χ3v) is 5.59. The van der Waals surface area contributed by atoms with Gasteiger partial charge in [-0.25, -0.2) is 8.42 Å². The Morgan fingerprint density at radius 3 is 2.88 bits per heavy atom. The first-order valence-corrected chi connectivity index (χ1v) is 9.86. The number of carbonyl (C=O) groups excluding carboxylic acids is 1. The Balaban J connectivity index is 1.75. The van der Waals surface area contributed by atoms with Crippen molar-refractivity contribution < 1.29 is 13.2 Å². The zero-order chi connectivity index (χ0) is 17.6. The Hall–Kier alpha value is -2.09. The molecular weight excluding hydrogens is 328 g/mol. The number of sulfone groups is 1. The van der Waals surface area contributed by atoms with Crippen LogP contribution in [0.15, 0.2) is 29.3 Å². The minimum atomic E-state index is -2.99. The standard InChI is InChI=1S/C16H24N4O3S/c1-2-12-4-3-5-13(10-12)20-16(17)18-8-6-15(21)19-14-7-9-24(22,23)11-14/h3-5,10,14H,2,6-9,11H2,1H3,(H,19,21)(H3,17,18,20). The topological polar surface area (TPSA) is 114 Å². The number of anilines is 1. The van der Waals surface area contributed by atoms with Gasteiger partial charge in [0.15, 0.2) is 15.8 Å². The van der Waals surface area contributed by atoms with E-state index < -0.39 is 9.84 Å². The zero-order valence-electron chi connectivity index (χ0n) is 13.8. The van der Waals surface area contributed by atoms with E-state index in [4.69, 9.17) is 5.73 Å². The highest BCUT2D eigenvalue weighted by Crippen LogP contribution is 2.12. The molecule has 0 saturated carbocycles. The minimum absolute atomic E-state index is 0.0273. The fraction of sp³-hybridized carbons (Fsp3) is 0.500. The molecule has 0 aliphatic carbocycles. The molecule has 1 heterocycles. The Bertz CT molecular complexity index is 716. The van der Waals surface area contributed by atoms with Gasteiger partial charge in [-0.05, 0) is 30.5 Å². The molecule has 8 heteroatoms. The Labute approximate surface area is 142 Å². The minimum Gasteiger partial charge on any atom is -0.370 e. The van der Waals surface area contributed by atoms with E-state index in [1.807, 2.05) is 24.3 Å². The van der Waals surface area contributed by atoms with Gasteiger partial charge in [-0.2, -0.15) is 0 Å². The number of nitrogens with zero attached hydrogens (tertiary/aromatic N) is 1. The largest absolute Gasteiger partial charge is 0.370 e. The fourth-order valence-electron chi connectivity index (χ4n) is 2.54. The molecule has 4 N–H and O–H groups in total. The number of aliphatic imine (C=N–C) groups is 1. The smallest absolute Gasteiger partial charge is 0.222 e. The van der Waals surface area contributed by atoms with Crippen LogP contribution in [0.2, 0.25) is 0 Å². The molecule has 24 heavy (non-hydrogen) atoms. The molecule has 1 aliphatic rings. The molecule has 1 amide bonds. The molecule has 0 radical (unpaired) electrons. The summed E-state index contributed by atoms with van der Waals surface area (Å²) in [5.74, 6) is 0.213. The van der Waals surface area contributed by atoms with Gasteiger partial charge in [0.1, 0.15) is 0 Å². The van der Waals surface area contributed by atoms with Crippen LogP contribution >= 0.6 is 0 Å². The molecular formula is C16H24N4O3S. The summed E-state index contributed by atoms with van der Waals surface area (Å²) in [5, 5.41) is 5.72. The van der Waals surface area contributed by atoms with Gasteiger partial charge < -0.3 is 16.4 Å².